The number of benzene rings is 1. The molecule has 1 fully saturated rings. The maximum Gasteiger partial charge on any atom is 0.219 e. The van der Waals surface area contributed by atoms with Crippen LogP contribution in [0.15, 0.2) is 55.0 Å². The number of nitrogen functional groups attached to an aromatic ring is 1. The van der Waals surface area contributed by atoms with Crippen molar-refractivity contribution in [2.45, 2.75) is 26.6 Å². The van der Waals surface area contributed by atoms with Gasteiger partial charge in [-0.15, -0.1) is 0 Å². The number of nitrogens with one attached hydrogen (secondary N) is 1. The molecule has 12 heteroatoms. The van der Waals surface area contributed by atoms with Gasteiger partial charge in [-0.3, -0.25) is 15.6 Å². The molecule has 40 heavy (non-hydrogen) atoms. The van der Waals surface area contributed by atoms with Crippen LogP contribution in [0.2, 0.25) is 0 Å². The van der Waals surface area contributed by atoms with Crippen molar-refractivity contribution in [1.29, 1.82) is 0 Å². The van der Waals surface area contributed by atoms with Gasteiger partial charge in [0.05, 0.1) is 31.0 Å². The molecule has 12 nitrogen and oxygen atoms in total. The Morgan fingerprint density at radius 3 is 2.52 bits per heavy atom. The molecule has 1 aromatic carbocycles. The summed E-state index contributed by atoms with van der Waals surface area (Å²) in [6.45, 7) is 10.6. The molecule has 1 aliphatic rings. The Balaban J connectivity index is 1.43. The summed E-state index contributed by atoms with van der Waals surface area (Å²) in [5.74, 6) is 2.46. The first-order valence-electron chi connectivity index (χ1n) is 13.2. The molecule has 0 spiro atoms. The molecule has 0 bridgehead atoms. The summed E-state index contributed by atoms with van der Waals surface area (Å²) in [5, 5.41) is 8.88. The Morgan fingerprint density at radius 1 is 1.12 bits per heavy atom. The van der Waals surface area contributed by atoms with Crippen molar-refractivity contribution < 1.29 is 9.94 Å². The predicted molar refractivity (Wildman–Crippen MR) is 154 cm³/mol. The molecule has 0 radical (unpaired) electrons. The second-order valence-electron chi connectivity index (χ2n) is 9.63. The Kier molecular flexibility index (Phi) is 8.29. The van der Waals surface area contributed by atoms with Crippen molar-refractivity contribution in [3.63, 3.8) is 0 Å². The third kappa shape index (κ3) is 6.09. The van der Waals surface area contributed by atoms with E-state index in [9.17, 15) is 0 Å². The van der Waals surface area contributed by atoms with Gasteiger partial charge in [-0.05, 0) is 31.2 Å². The lowest BCUT2D eigenvalue weighted by atomic mass is 10.1. The highest BCUT2D eigenvalue weighted by Crippen LogP contribution is 2.29. The number of rotatable bonds is 10. The number of ether oxygens (including phenoxy) is 1. The highest BCUT2D eigenvalue weighted by Gasteiger charge is 2.23. The molecule has 4 heterocycles. The molecule has 0 unspecified atom stereocenters. The van der Waals surface area contributed by atoms with Crippen molar-refractivity contribution in [1.82, 2.24) is 39.9 Å². The molecule has 0 saturated carbocycles. The first-order chi connectivity index (χ1) is 19.4. The number of allylic oxidation sites excluding steroid dienone is 1. The molecule has 0 amide bonds. The lowest BCUT2D eigenvalue weighted by molar-refractivity contribution is 0.122. The van der Waals surface area contributed by atoms with Gasteiger partial charge in [-0.25, -0.2) is 24.9 Å². The molecule has 1 saturated heterocycles. The first-order valence-corrected chi connectivity index (χ1v) is 13.2. The van der Waals surface area contributed by atoms with Crippen LogP contribution in [0.1, 0.15) is 23.9 Å². The van der Waals surface area contributed by atoms with Crippen molar-refractivity contribution >= 4 is 29.0 Å². The summed E-state index contributed by atoms with van der Waals surface area (Å²) in [5.41, 5.74) is 12.6. The lowest BCUT2D eigenvalue weighted by Gasteiger charge is -2.28. The van der Waals surface area contributed by atoms with Gasteiger partial charge in [0.2, 0.25) is 5.95 Å². The quantitative estimate of drug-likeness (QED) is 0.201. The van der Waals surface area contributed by atoms with Crippen molar-refractivity contribution in [3.8, 4) is 11.4 Å². The van der Waals surface area contributed by atoms with E-state index in [0.29, 0.717) is 43.4 Å². The van der Waals surface area contributed by atoms with Crippen LogP contribution >= 0.6 is 0 Å². The topological polar surface area (TPSA) is 143 Å². The maximum atomic E-state index is 8.88. The molecule has 0 atom stereocenters. The molecule has 4 N–H and O–H groups in total. The van der Waals surface area contributed by atoms with Crippen LogP contribution in [0, 0.1) is 0 Å². The fourth-order valence-corrected chi connectivity index (χ4v) is 4.64. The van der Waals surface area contributed by atoms with Crippen molar-refractivity contribution in [2.24, 2.45) is 0 Å². The van der Waals surface area contributed by atoms with E-state index in [4.69, 9.17) is 30.6 Å². The van der Waals surface area contributed by atoms with Gasteiger partial charge in [-0.2, -0.15) is 0 Å². The largest absolute Gasteiger partial charge is 0.378 e. The summed E-state index contributed by atoms with van der Waals surface area (Å²) in [7, 11) is 2.08. The Bertz CT molecular complexity index is 1490. The van der Waals surface area contributed by atoms with Crippen LogP contribution in [-0.4, -0.2) is 72.9 Å². The maximum absolute atomic E-state index is 8.88. The van der Waals surface area contributed by atoms with Crippen LogP contribution in [0.5, 0.6) is 0 Å². The number of aromatic nitrogens is 6. The fourth-order valence-electron chi connectivity index (χ4n) is 4.64. The average Bonchev–Trinajstić information content (AvgIpc) is 3.33. The smallest absolute Gasteiger partial charge is 0.219 e. The zero-order valence-corrected chi connectivity index (χ0v) is 22.8. The predicted octanol–water partition coefficient (Wildman–Crippen LogP) is 2.86. The standard InChI is InChI=1S/C28H34N10O2/c1-4-38-23(18-36(3)17-21-9-7-20(8-10-21)6-5-19(2)35-39)32-24-26(37-11-13-40-14-12-37)33-25(34-27(24)38)22-15-30-28(29)31-16-22/h5-10,15-16,35,39H,2,4,11-14,17-18H2,1,3H3,(H2,29,30,31)/b6-5+. The summed E-state index contributed by atoms with van der Waals surface area (Å²) in [6, 6.07) is 8.27. The van der Waals surface area contributed by atoms with Gasteiger partial charge in [0, 0.05) is 38.6 Å². The first kappa shape index (κ1) is 27.2. The van der Waals surface area contributed by atoms with Gasteiger partial charge in [0.25, 0.3) is 0 Å². The van der Waals surface area contributed by atoms with E-state index < -0.39 is 0 Å². The minimum atomic E-state index is 0.207. The van der Waals surface area contributed by atoms with E-state index in [0.717, 1.165) is 48.0 Å². The number of hydroxylamine groups is 1. The number of aryl methyl sites for hydroxylation is 1. The molecule has 4 aromatic rings. The number of nitrogens with zero attached hydrogens (tertiary/aromatic N) is 8. The second kappa shape index (κ2) is 12.2. The van der Waals surface area contributed by atoms with Crippen molar-refractivity contribution in [2.75, 3.05) is 44.0 Å². The number of hydrogen-bond donors (Lipinski definition) is 3. The zero-order valence-electron chi connectivity index (χ0n) is 22.8. The average molecular weight is 543 g/mol. The zero-order chi connectivity index (χ0) is 28.1. The third-order valence-electron chi connectivity index (χ3n) is 6.68. The third-order valence-corrected chi connectivity index (χ3v) is 6.68. The van der Waals surface area contributed by atoms with Gasteiger partial charge >= 0.3 is 0 Å². The number of imidazole rings is 1. The minimum absolute atomic E-state index is 0.207. The van der Waals surface area contributed by atoms with Crippen LogP contribution in [0.3, 0.4) is 0 Å². The molecular weight excluding hydrogens is 508 g/mol. The van der Waals surface area contributed by atoms with E-state index in [2.05, 4.69) is 57.0 Å². The van der Waals surface area contributed by atoms with E-state index in [1.165, 1.54) is 5.56 Å². The molecular formula is C28H34N10O2. The number of morpholine rings is 1. The Labute approximate surface area is 232 Å². The number of nitrogens with two attached hydrogens (primary N) is 1. The van der Waals surface area contributed by atoms with E-state index in [-0.39, 0.29) is 5.95 Å². The Hall–Kier alpha value is -4.39. The summed E-state index contributed by atoms with van der Waals surface area (Å²) < 4.78 is 7.73. The monoisotopic (exact) mass is 542 g/mol. The number of fused-ring (bicyclic) bond motifs is 1. The second-order valence-corrected chi connectivity index (χ2v) is 9.63. The van der Waals surface area contributed by atoms with E-state index in [1.54, 1.807) is 18.5 Å². The van der Waals surface area contributed by atoms with E-state index in [1.807, 2.05) is 23.7 Å². The van der Waals surface area contributed by atoms with Gasteiger partial charge in [-0.1, -0.05) is 36.9 Å². The molecule has 1 aliphatic heterocycles. The number of hydrogen-bond acceptors (Lipinski definition) is 11. The molecule has 5 rings (SSSR count). The summed E-state index contributed by atoms with van der Waals surface area (Å²) in [4.78, 5) is 27.6. The molecule has 208 valence electrons. The summed E-state index contributed by atoms with van der Waals surface area (Å²) >= 11 is 0. The van der Waals surface area contributed by atoms with Crippen LogP contribution < -0.4 is 16.1 Å². The Morgan fingerprint density at radius 2 is 1.85 bits per heavy atom. The van der Waals surface area contributed by atoms with Gasteiger partial charge < -0.3 is 19.9 Å². The van der Waals surface area contributed by atoms with Crippen LogP contribution in [-0.2, 0) is 24.4 Å². The normalized spacial score (nSPS) is 13.9. The van der Waals surface area contributed by atoms with Crippen LogP contribution in [0.25, 0.3) is 28.6 Å². The van der Waals surface area contributed by atoms with Gasteiger partial charge in [0.1, 0.15) is 5.82 Å². The summed E-state index contributed by atoms with van der Waals surface area (Å²) in [6.07, 6.45) is 6.90. The minimum Gasteiger partial charge on any atom is -0.378 e. The molecule has 0 aliphatic carbocycles. The molecule has 3 aromatic heterocycles. The highest BCUT2D eigenvalue weighted by molar-refractivity contribution is 5.86. The lowest BCUT2D eigenvalue weighted by Crippen LogP contribution is -2.37. The van der Waals surface area contributed by atoms with Crippen molar-refractivity contribution in [3.05, 3.63) is 72.0 Å². The number of anilines is 2. The highest BCUT2D eigenvalue weighted by atomic mass is 16.5. The fraction of sp³-hybridized carbons (Fsp3) is 0.321. The van der Waals surface area contributed by atoms with E-state index >= 15 is 0 Å². The van der Waals surface area contributed by atoms with Gasteiger partial charge in [0.15, 0.2) is 22.8 Å². The SMILES string of the molecule is C=C(/C=C/c1ccc(CN(C)Cc2nc3c(N4CCOCC4)nc(-c4cnc(N)nc4)nc3n2CC)cc1)NO. The van der Waals surface area contributed by atoms with Crippen LogP contribution in [0.4, 0.5) is 11.8 Å².